The number of hydrogen-bond acceptors (Lipinski definition) is 3. The molecule has 0 radical (unpaired) electrons. The number of carbonyl (C=O) groups is 2. The first-order chi connectivity index (χ1) is 8.51. The van der Waals surface area contributed by atoms with E-state index in [1.165, 1.54) is 0 Å². The Hall–Kier alpha value is -1.30. The zero-order chi connectivity index (χ0) is 13.2. The van der Waals surface area contributed by atoms with Gasteiger partial charge in [-0.15, -0.1) is 0 Å². The molecule has 102 valence electrons. The number of nitrogens with one attached hydrogen (secondary N) is 1. The smallest absolute Gasteiger partial charge is 0.317 e. The predicted molar refractivity (Wildman–Crippen MR) is 64.3 cm³/mol. The Morgan fingerprint density at radius 3 is 2.89 bits per heavy atom. The molecular weight excluding hydrogens is 236 g/mol. The van der Waals surface area contributed by atoms with Crippen LogP contribution in [0.1, 0.15) is 19.8 Å². The summed E-state index contributed by atoms with van der Waals surface area (Å²) in [4.78, 5) is 24.6. The fourth-order valence-electron chi connectivity index (χ4n) is 2.40. The Bertz CT molecular complexity index is 341. The average molecular weight is 256 g/mol. The molecule has 0 bridgehead atoms. The molecule has 2 fully saturated rings. The van der Waals surface area contributed by atoms with Gasteiger partial charge in [-0.1, -0.05) is 0 Å². The molecule has 2 aliphatic heterocycles. The number of carbonyl (C=O) groups excluding carboxylic acids is 1. The highest BCUT2D eigenvalue weighted by Crippen LogP contribution is 2.29. The largest absolute Gasteiger partial charge is 0.481 e. The van der Waals surface area contributed by atoms with Crippen LogP contribution in [0.15, 0.2) is 0 Å². The van der Waals surface area contributed by atoms with Gasteiger partial charge in [0.1, 0.15) is 0 Å². The summed E-state index contributed by atoms with van der Waals surface area (Å²) < 4.78 is 5.24. The van der Waals surface area contributed by atoms with Gasteiger partial charge in [0.05, 0.1) is 12.0 Å². The van der Waals surface area contributed by atoms with Crippen molar-refractivity contribution in [3.05, 3.63) is 0 Å². The number of rotatable bonds is 3. The third-order valence-corrected chi connectivity index (χ3v) is 3.84. The molecule has 2 atom stereocenters. The first-order valence-electron chi connectivity index (χ1n) is 6.35. The maximum Gasteiger partial charge on any atom is 0.317 e. The SMILES string of the molecule is CC1(C(=O)O)CCN(C(=O)NCC2CCOC2)C1. The highest BCUT2D eigenvalue weighted by molar-refractivity contribution is 5.79. The van der Waals surface area contributed by atoms with Crippen LogP contribution in [0.5, 0.6) is 0 Å². The standard InChI is InChI=1S/C12H20N2O4/c1-12(10(15)16)3-4-14(8-12)11(17)13-6-9-2-5-18-7-9/h9H,2-8H2,1H3,(H,13,17)(H,15,16). The number of hydrogen-bond donors (Lipinski definition) is 2. The first kappa shape index (κ1) is 13.1. The first-order valence-corrected chi connectivity index (χ1v) is 6.35. The number of ether oxygens (including phenoxy) is 1. The molecule has 2 amide bonds. The second-order valence-corrected chi connectivity index (χ2v) is 5.45. The van der Waals surface area contributed by atoms with Crippen molar-refractivity contribution in [1.29, 1.82) is 0 Å². The number of amides is 2. The van der Waals surface area contributed by atoms with E-state index < -0.39 is 11.4 Å². The summed E-state index contributed by atoms with van der Waals surface area (Å²) >= 11 is 0. The van der Waals surface area contributed by atoms with E-state index in [4.69, 9.17) is 9.84 Å². The van der Waals surface area contributed by atoms with Crippen LogP contribution < -0.4 is 5.32 Å². The van der Waals surface area contributed by atoms with Gasteiger partial charge >= 0.3 is 12.0 Å². The van der Waals surface area contributed by atoms with Gasteiger partial charge in [-0.05, 0) is 19.8 Å². The van der Waals surface area contributed by atoms with Gasteiger partial charge in [-0.3, -0.25) is 4.79 Å². The molecule has 2 N–H and O–H groups in total. The lowest BCUT2D eigenvalue weighted by Gasteiger charge is -2.21. The number of carboxylic acids is 1. The van der Waals surface area contributed by atoms with Gasteiger partial charge in [0.25, 0.3) is 0 Å². The van der Waals surface area contributed by atoms with E-state index in [1.807, 2.05) is 0 Å². The van der Waals surface area contributed by atoms with Crippen LogP contribution in [-0.4, -0.2) is 54.9 Å². The molecule has 2 rings (SSSR count). The summed E-state index contributed by atoms with van der Waals surface area (Å²) in [6.07, 6.45) is 1.50. The molecule has 0 aromatic heterocycles. The van der Waals surface area contributed by atoms with E-state index >= 15 is 0 Å². The Labute approximate surface area is 106 Å². The molecule has 6 nitrogen and oxygen atoms in total. The zero-order valence-corrected chi connectivity index (χ0v) is 10.6. The van der Waals surface area contributed by atoms with Crippen molar-refractivity contribution in [3.63, 3.8) is 0 Å². The number of nitrogens with zero attached hydrogens (tertiary/aromatic N) is 1. The number of carboxylic acid groups (broad SMARTS) is 1. The third kappa shape index (κ3) is 2.75. The lowest BCUT2D eigenvalue weighted by Crippen LogP contribution is -2.42. The molecule has 0 saturated carbocycles. The van der Waals surface area contributed by atoms with E-state index in [1.54, 1.807) is 11.8 Å². The van der Waals surface area contributed by atoms with Crippen molar-refractivity contribution in [2.75, 3.05) is 32.8 Å². The van der Waals surface area contributed by atoms with E-state index in [2.05, 4.69) is 5.32 Å². The summed E-state index contributed by atoms with van der Waals surface area (Å²) in [5, 5.41) is 12.0. The number of aliphatic carboxylic acids is 1. The fourth-order valence-corrected chi connectivity index (χ4v) is 2.40. The quantitative estimate of drug-likeness (QED) is 0.772. The molecule has 2 saturated heterocycles. The van der Waals surface area contributed by atoms with Crippen LogP contribution >= 0.6 is 0 Å². The molecule has 2 heterocycles. The van der Waals surface area contributed by atoms with E-state index in [-0.39, 0.29) is 12.6 Å². The maximum absolute atomic E-state index is 11.9. The van der Waals surface area contributed by atoms with Gasteiger partial charge in [-0.25, -0.2) is 4.79 Å². The molecule has 0 spiro atoms. The van der Waals surface area contributed by atoms with Crippen LogP contribution in [0.2, 0.25) is 0 Å². The molecule has 18 heavy (non-hydrogen) atoms. The Morgan fingerprint density at radius 2 is 2.33 bits per heavy atom. The van der Waals surface area contributed by atoms with Crippen LogP contribution in [-0.2, 0) is 9.53 Å². The highest BCUT2D eigenvalue weighted by Gasteiger charge is 2.42. The van der Waals surface area contributed by atoms with Gasteiger partial charge in [0.15, 0.2) is 0 Å². The third-order valence-electron chi connectivity index (χ3n) is 3.84. The average Bonchev–Trinajstić information content (AvgIpc) is 2.95. The number of likely N-dealkylation sites (tertiary alicyclic amines) is 1. The fraction of sp³-hybridized carbons (Fsp3) is 0.833. The summed E-state index contributed by atoms with van der Waals surface area (Å²) in [7, 11) is 0. The normalized spacial score (nSPS) is 31.6. The van der Waals surface area contributed by atoms with Crippen molar-refractivity contribution in [3.8, 4) is 0 Å². The van der Waals surface area contributed by atoms with Crippen molar-refractivity contribution in [1.82, 2.24) is 10.2 Å². The highest BCUT2D eigenvalue weighted by atomic mass is 16.5. The topological polar surface area (TPSA) is 78.9 Å². The maximum atomic E-state index is 11.9. The minimum absolute atomic E-state index is 0.160. The number of urea groups is 1. The molecule has 6 heteroatoms. The van der Waals surface area contributed by atoms with Crippen molar-refractivity contribution in [2.24, 2.45) is 11.3 Å². The van der Waals surface area contributed by atoms with E-state index in [9.17, 15) is 9.59 Å². The zero-order valence-electron chi connectivity index (χ0n) is 10.6. The molecule has 0 aromatic rings. The molecule has 0 aromatic carbocycles. The summed E-state index contributed by atoms with van der Waals surface area (Å²) in [5.74, 6) is -0.440. The lowest BCUT2D eigenvalue weighted by molar-refractivity contribution is -0.146. The van der Waals surface area contributed by atoms with Crippen molar-refractivity contribution in [2.45, 2.75) is 19.8 Å². The van der Waals surface area contributed by atoms with Crippen molar-refractivity contribution >= 4 is 12.0 Å². The van der Waals surface area contributed by atoms with Gasteiger partial charge in [-0.2, -0.15) is 0 Å². The van der Waals surface area contributed by atoms with E-state index in [0.29, 0.717) is 32.0 Å². The molecular formula is C12H20N2O4. The predicted octanol–water partition coefficient (Wildman–Crippen LogP) is 0.529. The van der Waals surface area contributed by atoms with Gasteiger partial charge < -0.3 is 20.1 Å². The van der Waals surface area contributed by atoms with Gasteiger partial charge in [0, 0.05) is 32.2 Å². The summed E-state index contributed by atoms with van der Waals surface area (Å²) in [6.45, 7) is 4.56. The Balaban J connectivity index is 1.78. The van der Waals surface area contributed by atoms with Crippen LogP contribution in [0.4, 0.5) is 4.79 Å². The summed E-state index contributed by atoms with van der Waals surface area (Å²) in [6, 6.07) is -0.160. The van der Waals surface area contributed by atoms with E-state index in [0.717, 1.165) is 13.0 Å². The second kappa shape index (κ2) is 5.14. The monoisotopic (exact) mass is 256 g/mol. The minimum Gasteiger partial charge on any atom is -0.481 e. The molecule has 0 aliphatic carbocycles. The minimum atomic E-state index is -0.831. The molecule has 2 aliphatic rings. The van der Waals surface area contributed by atoms with Crippen molar-refractivity contribution < 1.29 is 19.4 Å². The van der Waals surface area contributed by atoms with Crippen LogP contribution in [0, 0.1) is 11.3 Å². The Morgan fingerprint density at radius 1 is 1.56 bits per heavy atom. The second-order valence-electron chi connectivity index (χ2n) is 5.45. The van der Waals surface area contributed by atoms with Gasteiger partial charge in [0.2, 0.25) is 0 Å². The molecule has 2 unspecified atom stereocenters. The Kier molecular flexibility index (Phi) is 3.75. The lowest BCUT2D eigenvalue weighted by atomic mass is 9.90. The summed E-state index contributed by atoms with van der Waals surface area (Å²) in [5.41, 5.74) is -0.798. The van der Waals surface area contributed by atoms with Crippen LogP contribution in [0.25, 0.3) is 0 Å². The van der Waals surface area contributed by atoms with Crippen LogP contribution in [0.3, 0.4) is 0 Å².